The summed E-state index contributed by atoms with van der Waals surface area (Å²) in [4.78, 5) is 10.8. The van der Waals surface area contributed by atoms with Crippen molar-refractivity contribution < 1.29 is 9.90 Å². The van der Waals surface area contributed by atoms with Gasteiger partial charge in [0.25, 0.3) is 0 Å². The maximum absolute atomic E-state index is 10.8. The monoisotopic (exact) mass is 253 g/mol. The summed E-state index contributed by atoms with van der Waals surface area (Å²) in [5, 5.41) is 12.8. The quantitative estimate of drug-likeness (QED) is 0.788. The first-order valence-corrected chi connectivity index (χ1v) is 7.70. The minimum Gasteiger partial charge on any atom is -0.481 e. The molecule has 2 aliphatic carbocycles. The summed E-state index contributed by atoms with van der Waals surface area (Å²) >= 11 is 0. The number of carbonyl (C=O) groups is 1. The summed E-state index contributed by atoms with van der Waals surface area (Å²) in [7, 11) is 0. The second-order valence-electron chi connectivity index (χ2n) is 6.21. The average Bonchev–Trinajstić information content (AvgIpc) is 2.39. The predicted molar refractivity (Wildman–Crippen MR) is 72.7 cm³/mol. The van der Waals surface area contributed by atoms with Gasteiger partial charge in [-0.05, 0) is 32.1 Å². The third kappa shape index (κ3) is 3.98. The molecule has 0 aromatic rings. The fourth-order valence-electron chi connectivity index (χ4n) is 3.72. The Bertz CT molecular complexity index is 266. The molecule has 18 heavy (non-hydrogen) atoms. The Kier molecular flexibility index (Phi) is 5.04. The summed E-state index contributed by atoms with van der Waals surface area (Å²) in [6.45, 7) is 0. The largest absolute Gasteiger partial charge is 0.481 e. The van der Waals surface area contributed by atoms with Crippen molar-refractivity contribution in [3.05, 3.63) is 0 Å². The molecule has 0 spiro atoms. The molecular formula is C15H27NO2. The lowest BCUT2D eigenvalue weighted by Gasteiger charge is -2.42. The van der Waals surface area contributed by atoms with Gasteiger partial charge in [0.05, 0.1) is 0 Å². The second-order valence-corrected chi connectivity index (χ2v) is 6.21. The van der Waals surface area contributed by atoms with Gasteiger partial charge in [-0.1, -0.05) is 38.5 Å². The second kappa shape index (κ2) is 6.55. The van der Waals surface area contributed by atoms with E-state index in [2.05, 4.69) is 5.32 Å². The molecule has 0 amide bonds. The molecule has 3 nitrogen and oxygen atoms in total. The standard InChI is InChI=1S/C15H27NO2/c17-14(18)9-12-15(10-5-2-6-11-15)16-13-7-3-1-4-8-13/h13,16H,1-12H2,(H,17,18). The number of carboxylic acid groups (broad SMARTS) is 1. The lowest BCUT2D eigenvalue weighted by Crippen LogP contribution is -2.52. The number of nitrogens with one attached hydrogen (secondary N) is 1. The van der Waals surface area contributed by atoms with Crippen LogP contribution in [-0.2, 0) is 4.79 Å². The third-order valence-corrected chi connectivity index (χ3v) is 4.74. The van der Waals surface area contributed by atoms with Crippen molar-refractivity contribution in [1.82, 2.24) is 5.32 Å². The molecular weight excluding hydrogens is 226 g/mol. The molecule has 0 atom stereocenters. The number of hydrogen-bond acceptors (Lipinski definition) is 2. The highest BCUT2D eigenvalue weighted by molar-refractivity contribution is 5.66. The number of hydrogen-bond donors (Lipinski definition) is 2. The zero-order valence-electron chi connectivity index (χ0n) is 11.4. The number of aliphatic carboxylic acids is 1. The fourth-order valence-corrected chi connectivity index (χ4v) is 3.72. The normalized spacial score (nSPS) is 24.9. The van der Waals surface area contributed by atoms with E-state index in [1.165, 1.54) is 64.2 Å². The molecule has 0 bridgehead atoms. The van der Waals surface area contributed by atoms with Crippen molar-refractivity contribution in [3.8, 4) is 0 Å². The van der Waals surface area contributed by atoms with Crippen LogP contribution in [-0.4, -0.2) is 22.7 Å². The molecule has 2 fully saturated rings. The lowest BCUT2D eigenvalue weighted by atomic mass is 9.77. The third-order valence-electron chi connectivity index (χ3n) is 4.74. The highest BCUT2D eigenvalue weighted by atomic mass is 16.4. The first-order valence-electron chi connectivity index (χ1n) is 7.70. The van der Waals surface area contributed by atoms with E-state index in [0.29, 0.717) is 12.5 Å². The van der Waals surface area contributed by atoms with Gasteiger partial charge in [-0.3, -0.25) is 4.79 Å². The molecule has 2 N–H and O–H groups in total. The molecule has 2 rings (SSSR count). The summed E-state index contributed by atoms with van der Waals surface area (Å²) < 4.78 is 0. The van der Waals surface area contributed by atoms with E-state index in [4.69, 9.17) is 5.11 Å². The Balaban J connectivity index is 1.91. The first-order chi connectivity index (χ1) is 8.70. The predicted octanol–water partition coefficient (Wildman–Crippen LogP) is 3.48. The molecule has 3 heteroatoms. The zero-order chi connectivity index (χ0) is 12.8. The highest BCUT2D eigenvalue weighted by Crippen LogP contribution is 2.34. The Morgan fingerprint density at radius 3 is 2.28 bits per heavy atom. The van der Waals surface area contributed by atoms with Gasteiger partial charge < -0.3 is 10.4 Å². The van der Waals surface area contributed by atoms with E-state index in [-0.39, 0.29) is 5.54 Å². The van der Waals surface area contributed by atoms with Gasteiger partial charge in [-0.15, -0.1) is 0 Å². The van der Waals surface area contributed by atoms with Gasteiger partial charge in [0.1, 0.15) is 0 Å². The maximum Gasteiger partial charge on any atom is 0.303 e. The van der Waals surface area contributed by atoms with Crippen LogP contribution in [0.3, 0.4) is 0 Å². The zero-order valence-corrected chi connectivity index (χ0v) is 11.4. The molecule has 0 heterocycles. The number of rotatable bonds is 5. The molecule has 104 valence electrons. The topological polar surface area (TPSA) is 49.3 Å². The molecule has 0 aromatic carbocycles. The van der Waals surface area contributed by atoms with E-state index < -0.39 is 5.97 Å². The molecule has 0 aliphatic heterocycles. The minimum absolute atomic E-state index is 0.138. The van der Waals surface area contributed by atoms with Crippen LogP contribution in [0.25, 0.3) is 0 Å². The molecule has 0 saturated heterocycles. The Morgan fingerprint density at radius 2 is 1.67 bits per heavy atom. The summed E-state index contributed by atoms with van der Waals surface area (Å²) in [5.74, 6) is -0.648. The molecule has 2 aliphatic rings. The van der Waals surface area contributed by atoms with Gasteiger partial charge in [0.15, 0.2) is 0 Å². The van der Waals surface area contributed by atoms with Crippen LogP contribution in [0.5, 0.6) is 0 Å². The fraction of sp³-hybridized carbons (Fsp3) is 0.933. The van der Waals surface area contributed by atoms with Crippen molar-refractivity contribution in [1.29, 1.82) is 0 Å². The Labute approximate surface area is 110 Å². The van der Waals surface area contributed by atoms with Crippen LogP contribution in [0.15, 0.2) is 0 Å². The highest BCUT2D eigenvalue weighted by Gasteiger charge is 2.34. The smallest absolute Gasteiger partial charge is 0.303 e. The van der Waals surface area contributed by atoms with Crippen LogP contribution in [0.4, 0.5) is 0 Å². The van der Waals surface area contributed by atoms with Crippen LogP contribution in [0, 0.1) is 0 Å². The Hall–Kier alpha value is -0.570. The van der Waals surface area contributed by atoms with Crippen LogP contribution in [0.2, 0.25) is 0 Å². The van der Waals surface area contributed by atoms with E-state index in [9.17, 15) is 4.79 Å². The molecule has 0 unspecified atom stereocenters. The van der Waals surface area contributed by atoms with Crippen LogP contribution >= 0.6 is 0 Å². The number of carboxylic acids is 1. The van der Waals surface area contributed by atoms with Crippen molar-refractivity contribution in [2.45, 2.75) is 88.6 Å². The molecule has 0 radical (unpaired) electrons. The van der Waals surface area contributed by atoms with Crippen LogP contribution < -0.4 is 5.32 Å². The van der Waals surface area contributed by atoms with Crippen molar-refractivity contribution in [2.75, 3.05) is 0 Å². The summed E-state index contributed by atoms with van der Waals surface area (Å²) in [6.07, 6.45) is 14.0. The van der Waals surface area contributed by atoms with Crippen molar-refractivity contribution in [2.24, 2.45) is 0 Å². The Morgan fingerprint density at radius 1 is 1.06 bits per heavy atom. The van der Waals surface area contributed by atoms with E-state index >= 15 is 0 Å². The summed E-state index contributed by atoms with van der Waals surface area (Å²) in [6, 6.07) is 0.644. The van der Waals surface area contributed by atoms with E-state index in [0.717, 1.165) is 6.42 Å². The molecule has 2 saturated carbocycles. The average molecular weight is 253 g/mol. The SMILES string of the molecule is O=C(O)CCC1(NC2CCCCC2)CCCCC1. The van der Waals surface area contributed by atoms with Gasteiger partial charge in [0.2, 0.25) is 0 Å². The van der Waals surface area contributed by atoms with Gasteiger partial charge in [-0.2, -0.15) is 0 Å². The lowest BCUT2D eigenvalue weighted by molar-refractivity contribution is -0.137. The van der Waals surface area contributed by atoms with Crippen LogP contribution in [0.1, 0.15) is 77.0 Å². The maximum atomic E-state index is 10.8. The van der Waals surface area contributed by atoms with E-state index in [1.54, 1.807) is 0 Å². The van der Waals surface area contributed by atoms with Gasteiger partial charge in [-0.25, -0.2) is 0 Å². The van der Waals surface area contributed by atoms with E-state index in [1.807, 2.05) is 0 Å². The summed E-state index contributed by atoms with van der Waals surface area (Å²) in [5.41, 5.74) is 0.138. The first kappa shape index (κ1) is 13.9. The van der Waals surface area contributed by atoms with Crippen molar-refractivity contribution in [3.63, 3.8) is 0 Å². The van der Waals surface area contributed by atoms with Crippen molar-refractivity contribution >= 4 is 5.97 Å². The molecule has 0 aromatic heterocycles. The van der Waals surface area contributed by atoms with Gasteiger partial charge in [0, 0.05) is 18.0 Å². The van der Waals surface area contributed by atoms with Gasteiger partial charge >= 0.3 is 5.97 Å². The minimum atomic E-state index is -0.648.